The number of halogens is 5. The van der Waals surface area contributed by atoms with Crippen LogP contribution in [-0.4, -0.2) is 11.3 Å². The summed E-state index contributed by atoms with van der Waals surface area (Å²) in [4.78, 5) is 0. The maximum Gasteiger partial charge on any atom is 0.399 e. The second-order valence-electron chi connectivity index (χ2n) is 3.09. The highest BCUT2D eigenvalue weighted by molar-refractivity contribution is 6.37. The lowest BCUT2D eigenvalue weighted by Gasteiger charge is -2.17. The number of phenolic OH excluding ortho intramolecular Hbond substituents is 1. The van der Waals surface area contributed by atoms with Crippen LogP contribution < -0.4 is 0 Å². The maximum atomic E-state index is 12.6. The van der Waals surface area contributed by atoms with Crippen molar-refractivity contribution in [2.24, 2.45) is 0 Å². The van der Waals surface area contributed by atoms with Crippen LogP contribution in [0.3, 0.4) is 0 Å². The van der Waals surface area contributed by atoms with Crippen molar-refractivity contribution in [3.05, 3.63) is 40.4 Å². The van der Waals surface area contributed by atoms with Crippen molar-refractivity contribution in [3.63, 3.8) is 0 Å². The van der Waals surface area contributed by atoms with Gasteiger partial charge in [0, 0.05) is 0 Å². The molecule has 0 aliphatic rings. The second kappa shape index (κ2) is 4.55. The van der Waals surface area contributed by atoms with Crippen molar-refractivity contribution >= 4 is 23.2 Å². The van der Waals surface area contributed by atoms with Gasteiger partial charge in [0.25, 0.3) is 0 Å². The van der Waals surface area contributed by atoms with Gasteiger partial charge < -0.3 is 5.11 Å². The molecule has 0 heterocycles. The number of benzene rings is 1. The molecule has 0 fully saturated rings. The van der Waals surface area contributed by atoms with Crippen LogP contribution in [0.4, 0.5) is 13.2 Å². The monoisotopic (exact) mass is 270 g/mol. The van der Waals surface area contributed by atoms with Gasteiger partial charge in [-0.15, -0.1) is 6.58 Å². The lowest BCUT2D eigenvalue weighted by atomic mass is 9.98. The average molecular weight is 271 g/mol. The first-order valence-corrected chi connectivity index (χ1v) is 4.90. The summed E-state index contributed by atoms with van der Waals surface area (Å²) in [6.07, 6.45) is -3.72. The van der Waals surface area contributed by atoms with E-state index in [1.54, 1.807) is 0 Å². The molecule has 0 saturated carbocycles. The van der Waals surface area contributed by atoms with Crippen LogP contribution in [-0.2, 0) is 0 Å². The van der Waals surface area contributed by atoms with Gasteiger partial charge in [0.2, 0.25) is 0 Å². The van der Waals surface area contributed by atoms with Crippen molar-refractivity contribution in [3.8, 4) is 5.75 Å². The molecule has 0 saturated heterocycles. The summed E-state index contributed by atoms with van der Waals surface area (Å²) < 4.78 is 37.7. The van der Waals surface area contributed by atoms with Gasteiger partial charge in [-0.1, -0.05) is 29.3 Å². The molecule has 0 aromatic heterocycles. The highest BCUT2D eigenvalue weighted by Crippen LogP contribution is 2.40. The van der Waals surface area contributed by atoms with Crippen LogP contribution in [0, 0.1) is 0 Å². The van der Waals surface area contributed by atoms with Crippen molar-refractivity contribution in [1.29, 1.82) is 0 Å². The highest BCUT2D eigenvalue weighted by atomic mass is 35.5. The zero-order valence-corrected chi connectivity index (χ0v) is 9.37. The van der Waals surface area contributed by atoms with E-state index in [2.05, 4.69) is 6.58 Å². The van der Waals surface area contributed by atoms with Gasteiger partial charge in [-0.25, -0.2) is 0 Å². The van der Waals surface area contributed by atoms with E-state index in [-0.39, 0.29) is 15.6 Å². The minimum Gasteiger partial charge on any atom is -0.505 e. The first-order chi connectivity index (χ1) is 7.27. The van der Waals surface area contributed by atoms with Gasteiger partial charge >= 0.3 is 6.18 Å². The molecule has 16 heavy (non-hydrogen) atoms. The number of allylic oxidation sites excluding steroid dienone is 1. The molecule has 6 heteroatoms. The fraction of sp³-hybridized carbons (Fsp3) is 0.200. The van der Waals surface area contributed by atoms with E-state index in [0.717, 1.165) is 18.2 Å². The van der Waals surface area contributed by atoms with Crippen molar-refractivity contribution in [1.82, 2.24) is 0 Å². The van der Waals surface area contributed by atoms with E-state index >= 15 is 0 Å². The lowest BCUT2D eigenvalue weighted by molar-refractivity contribution is -0.139. The predicted molar refractivity (Wildman–Crippen MR) is 57.1 cm³/mol. The van der Waals surface area contributed by atoms with Crippen LogP contribution in [0.25, 0.3) is 0 Å². The zero-order chi connectivity index (χ0) is 12.5. The third-order valence-electron chi connectivity index (χ3n) is 1.99. The first kappa shape index (κ1) is 13.2. The second-order valence-corrected chi connectivity index (χ2v) is 3.90. The molecule has 0 radical (unpaired) electrons. The Morgan fingerprint density at radius 3 is 2.00 bits per heavy atom. The number of rotatable bonds is 2. The Morgan fingerprint density at radius 2 is 1.69 bits per heavy atom. The molecule has 1 rings (SSSR count). The van der Waals surface area contributed by atoms with Crippen LogP contribution in [0.2, 0.25) is 10.0 Å². The van der Waals surface area contributed by atoms with Gasteiger partial charge in [-0.05, 0) is 17.7 Å². The normalized spacial score (nSPS) is 13.6. The summed E-state index contributed by atoms with van der Waals surface area (Å²) in [6.45, 7) is 3.12. The van der Waals surface area contributed by atoms with Crippen LogP contribution in [0.5, 0.6) is 5.75 Å². The van der Waals surface area contributed by atoms with Gasteiger partial charge in [0.15, 0.2) is 5.75 Å². The molecule has 1 aromatic rings. The fourth-order valence-electron chi connectivity index (χ4n) is 1.22. The highest BCUT2D eigenvalue weighted by Gasteiger charge is 2.39. The number of hydrogen-bond donors (Lipinski definition) is 1. The van der Waals surface area contributed by atoms with Crippen LogP contribution in [0.15, 0.2) is 24.8 Å². The number of alkyl halides is 3. The maximum absolute atomic E-state index is 12.6. The van der Waals surface area contributed by atoms with E-state index in [4.69, 9.17) is 23.2 Å². The molecule has 1 N–H and O–H groups in total. The molecule has 0 spiro atoms. The third-order valence-corrected chi connectivity index (χ3v) is 2.56. The van der Waals surface area contributed by atoms with E-state index in [9.17, 15) is 18.3 Å². The Hall–Kier alpha value is -0.870. The SMILES string of the molecule is C=CC(c1cc(Cl)c(O)c(Cl)c1)C(F)(F)F. The van der Waals surface area contributed by atoms with E-state index in [1.807, 2.05) is 0 Å². The minimum atomic E-state index is -4.47. The molecule has 88 valence electrons. The third kappa shape index (κ3) is 2.62. The van der Waals surface area contributed by atoms with Gasteiger partial charge in [0.05, 0.1) is 16.0 Å². The molecular formula is C10H7Cl2F3O. The average Bonchev–Trinajstić information content (AvgIpc) is 2.12. The van der Waals surface area contributed by atoms with Crippen molar-refractivity contribution < 1.29 is 18.3 Å². The summed E-state index contributed by atoms with van der Waals surface area (Å²) in [7, 11) is 0. The summed E-state index contributed by atoms with van der Waals surface area (Å²) in [6, 6.07) is 2.03. The molecule has 0 bridgehead atoms. The van der Waals surface area contributed by atoms with Crippen LogP contribution in [0.1, 0.15) is 11.5 Å². The van der Waals surface area contributed by atoms with E-state index in [1.165, 1.54) is 0 Å². The number of phenols is 1. The Balaban J connectivity index is 3.28. The Bertz CT molecular complexity index is 392. The smallest absolute Gasteiger partial charge is 0.399 e. The molecule has 1 unspecified atom stereocenters. The van der Waals surface area contributed by atoms with Gasteiger partial charge in [-0.2, -0.15) is 13.2 Å². The molecule has 1 atom stereocenters. The fourth-order valence-corrected chi connectivity index (χ4v) is 1.73. The van der Waals surface area contributed by atoms with Crippen molar-refractivity contribution in [2.75, 3.05) is 0 Å². The van der Waals surface area contributed by atoms with Crippen LogP contribution >= 0.6 is 23.2 Å². The van der Waals surface area contributed by atoms with E-state index < -0.39 is 17.8 Å². The largest absolute Gasteiger partial charge is 0.505 e. The molecule has 0 aliphatic heterocycles. The lowest BCUT2D eigenvalue weighted by Crippen LogP contribution is -2.18. The summed E-state index contributed by atoms with van der Waals surface area (Å²) in [5.74, 6) is -2.29. The molecule has 0 amide bonds. The topological polar surface area (TPSA) is 20.2 Å². The summed E-state index contributed by atoms with van der Waals surface area (Å²) in [5, 5.41) is 8.77. The zero-order valence-electron chi connectivity index (χ0n) is 7.85. The first-order valence-electron chi connectivity index (χ1n) is 4.14. The molecule has 1 aromatic carbocycles. The predicted octanol–water partition coefficient (Wildman–Crippen LogP) is 4.53. The number of hydrogen-bond acceptors (Lipinski definition) is 1. The van der Waals surface area contributed by atoms with Gasteiger partial charge in [-0.3, -0.25) is 0 Å². The Kier molecular flexibility index (Phi) is 3.76. The standard InChI is InChI=1S/C10H7Cl2F3O/c1-2-6(10(13,14)15)5-3-7(11)9(16)8(12)4-5/h2-4,6,16H,1H2. The molecular weight excluding hydrogens is 264 g/mol. The summed E-state index contributed by atoms with van der Waals surface area (Å²) in [5.41, 5.74) is -0.157. The quantitative estimate of drug-likeness (QED) is 0.783. The van der Waals surface area contributed by atoms with E-state index in [0.29, 0.717) is 0 Å². The Labute approximate surface area is 100 Å². The summed E-state index contributed by atoms with van der Waals surface area (Å²) >= 11 is 11.1. The Morgan fingerprint density at radius 1 is 1.25 bits per heavy atom. The molecule has 0 aliphatic carbocycles. The molecule has 1 nitrogen and oxygen atoms in total. The number of aromatic hydroxyl groups is 1. The van der Waals surface area contributed by atoms with Crippen molar-refractivity contribution in [2.45, 2.75) is 12.1 Å². The van der Waals surface area contributed by atoms with Gasteiger partial charge in [0.1, 0.15) is 0 Å². The minimum absolute atomic E-state index is 0.157.